The number of benzene rings is 4. The second-order valence-electron chi connectivity index (χ2n) is 10.0. The van der Waals surface area contributed by atoms with Gasteiger partial charge in [-0.3, -0.25) is 0 Å². The number of rotatable bonds is 17. The smallest absolute Gasteiger partial charge is 0.343 e. The van der Waals surface area contributed by atoms with Crippen LogP contribution in [0.5, 0.6) is 23.0 Å². The maximum Gasteiger partial charge on any atom is 0.343 e. The van der Waals surface area contributed by atoms with Crippen LogP contribution in [0.2, 0.25) is 0 Å². The van der Waals surface area contributed by atoms with Gasteiger partial charge in [-0.15, -0.1) is 0 Å². The number of hydrogen-bond acceptors (Lipinski definition) is 10. The predicted molar refractivity (Wildman–Crippen MR) is 177 cm³/mol. The minimum absolute atomic E-state index is 0.227. The van der Waals surface area contributed by atoms with Crippen LogP contribution in [-0.4, -0.2) is 50.3 Å². The molecular weight excluding hydrogens is 616 g/mol. The first kappa shape index (κ1) is 34.7. The summed E-state index contributed by atoms with van der Waals surface area (Å²) >= 11 is 0. The molecule has 0 bridgehead atoms. The third-order valence-corrected chi connectivity index (χ3v) is 6.58. The second-order valence-corrected chi connectivity index (χ2v) is 10.0. The lowest BCUT2D eigenvalue weighted by Crippen LogP contribution is -2.09. The average molecular weight is 651 g/mol. The highest BCUT2D eigenvalue weighted by atomic mass is 16.5. The molecule has 0 aromatic heterocycles. The van der Waals surface area contributed by atoms with Crippen LogP contribution in [0.15, 0.2) is 122 Å². The maximum absolute atomic E-state index is 12.6. The Labute approximate surface area is 278 Å². The molecule has 0 unspecified atom stereocenters. The molecule has 4 rings (SSSR count). The lowest BCUT2D eigenvalue weighted by Gasteiger charge is -2.09. The topological polar surface area (TPSA) is 124 Å². The van der Waals surface area contributed by atoms with E-state index in [9.17, 15) is 19.2 Å². The third-order valence-electron chi connectivity index (χ3n) is 6.58. The van der Waals surface area contributed by atoms with Gasteiger partial charge in [0.2, 0.25) is 0 Å². The highest BCUT2D eigenvalue weighted by molar-refractivity contribution is 5.92. The number of esters is 4. The van der Waals surface area contributed by atoms with Crippen LogP contribution in [0.3, 0.4) is 0 Å². The normalized spacial score (nSPS) is 10.2. The summed E-state index contributed by atoms with van der Waals surface area (Å²) in [6.07, 6.45) is 3.25. The average Bonchev–Trinajstić information content (AvgIpc) is 3.12. The van der Waals surface area contributed by atoms with Gasteiger partial charge in [0.15, 0.2) is 0 Å². The molecule has 0 aliphatic rings. The molecule has 0 aliphatic carbocycles. The van der Waals surface area contributed by atoms with E-state index in [1.165, 1.54) is 0 Å². The maximum atomic E-state index is 12.6. The number of carbonyl (C=O) groups is 4. The van der Waals surface area contributed by atoms with Crippen molar-refractivity contribution in [1.29, 1.82) is 0 Å². The van der Waals surface area contributed by atoms with Gasteiger partial charge in [0.25, 0.3) is 0 Å². The summed E-state index contributed by atoms with van der Waals surface area (Å²) in [4.78, 5) is 47.3. The van der Waals surface area contributed by atoms with E-state index < -0.39 is 23.9 Å². The van der Waals surface area contributed by atoms with Gasteiger partial charge in [-0.05, 0) is 83.9 Å². The van der Waals surface area contributed by atoms with E-state index in [0.29, 0.717) is 60.2 Å². The lowest BCUT2D eigenvalue weighted by atomic mass is 10.1. The standard InChI is InChI=1S/C38H34O10/c1-3-35(39)45-25-5-23-43-31-15-11-29(12-16-31)37(41)47-33-19-7-27(8-20-33)28-9-21-34(22-10-28)48-38(42)30-13-17-32(18-14-30)44-24-6-26-46-36(40)4-2/h3-4,7-22H,1-2,5-6,23-26H2. The Balaban J connectivity index is 1.21. The minimum Gasteiger partial charge on any atom is -0.493 e. The van der Waals surface area contributed by atoms with E-state index in [1.54, 1.807) is 72.8 Å². The molecule has 0 fully saturated rings. The minimum atomic E-state index is -0.511. The Morgan fingerprint density at radius 2 is 0.792 bits per heavy atom. The molecule has 246 valence electrons. The number of hydrogen-bond donors (Lipinski definition) is 0. The van der Waals surface area contributed by atoms with Crippen molar-refractivity contribution < 1.29 is 47.6 Å². The van der Waals surface area contributed by atoms with Crippen LogP contribution in [0, 0.1) is 0 Å². The Bertz CT molecular complexity index is 1560. The summed E-state index contributed by atoms with van der Waals surface area (Å²) in [5, 5.41) is 0. The van der Waals surface area contributed by atoms with Crippen LogP contribution in [0.1, 0.15) is 33.6 Å². The molecule has 0 radical (unpaired) electrons. The van der Waals surface area contributed by atoms with Crippen LogP contribution < -0.4 is 18.9 Å². The molecule has 0 saturated carbocycles. The monoisotopic (exact) mass is 650 g/mol. The van der Waals surface area contributed by atoms with Crippen LogP contribution in [-0.2, 0) is 19.1 Å². The summed E-state index contributed by atoms with van der Waals surface area (Å²) in [5.74, 6) is -0.0604. The van der Waals surface area contributed by atoms with Gasteiger partial charge in [-0.1, -0.05) is 37.4 Å². The Morgan fingerprint density at radius 1 is 0.458 bits per heavy atom. The summed E-state index contributed by atoms with van der Waals surface area (Å²) in [6.45, 7) is 7.82. The first-order valence-corrected chi connectivity index (χ1v) is 15.0. The van der Waals surface area contributed by atoms with Gasteiger partial charge in [0, 0.05) is 25.0 Å². The van der Waals surface area contributed by atoms with Crippen molar-refractivity contribution >= 4 is 23.9 Å². The van der Waals surface area contributed by atoms with Gasteiger partial charge in [0.05, 0.1) is 37.6 Å². The third kappa shape index (κ3) is 11.0. The molecule has 0 spiro atoms. The number of ether oxygens (including phenoxy) is 6. The van der Waals surface area contributed by atoms with Crippen molar-refractivity contribution in [3.8, 4) is 34.1 Å². The molecule has 10 heteroatoms. The molecule has 10 nitrogen and oxygen atoms in total. The van der Waals surface area contributed by atoms with E-state index >= 15 is 0 Å². The van der Waals surface area contributed by atoms with E-state index in [0.717, 1.165) is 23.3 Å². The summed E-state index contributed by atoms with van der Waals surface area (Å²) in [7, 11) is 0. The van der Waals surface area contributed by atoms with Crippen LogP contribution in [0.25, 0.3) is 11.1 Å². The fourth-order valence-corrected chi connectivity index (χ4v) is 4.10. The highest BCUT2D eigenvalue weighted by Gasteiger charge is 2.11. The van der Waals surface area contributed by atoms with Crippen molar-refractivity contribution in [1.82, 2.24) is 0 Å². The highest BCUT2D eigenvalue weighted by Crippen LogP contribution is 2.26. The lowest BCUT2D eigenvalue weighted by molar-refractivity contribution is -0.138. The van der Waals surface area contributed by atoms with Crippen LogP contribution >= 0.6 is 0 Å². The fraction of sp³-hybridized carbons (Fsp3) is 0.158. The first-order valence-electron chi connectivity index (χ1n) is 15.0. The zero-order valence-electron chi connectivity index (χ0n) is 26.1. The molecule has 4 aromatic carbocycles. The zero-order chi connectivity index (χ0) is 34.1. The molecular formula is C38H34O10. The van der Waals surface area contributed by atoms with Gasteiger partial charge in [-0.25, -0.2) is 19.2 Å². The van der Waals surface area contributed by atoms with Crippen molar-refractivity contribution in [3.05, 3.63) is 133 Å². The van der Waals surface area contributed by atoms with E-state index in [1.807, 2.05) is 24.3 Å². The first-order chi connectivity index (χ1) is 23.3. The Kier molecular flexibility index (Phi) is 13.1. The van der Waals surface area contributed by atoms with Crippen molar-refractivity contribution in [3.63, 3.8) is 0 Å². The molecule has 0 saturated heterocycles. The number of carbonyl (C=O) groups excluding carboxylic acids is 4. The van der Waals surface area contributed by atoms with E-state index in [-0.39, 0.29) is 13.2 Å². The van der Waals surface area contributed by atoms with Gasteiger partial charge >= 0.3 is 23.9 Å². The van der Waals surface area contributed by atoms with E-state index in [2.05, 4.69) is 13.2 Å². The Hall–Kier alpha value is -6.16. The molecule has 0 heterocycles. The fourth-order valence-electron chi connectivity index (χ4n) is 4.10. The van der Waals surface area contributed by atoms with Gasteiger partial charge in [-0.2, -0.15) is 0 Å². The molecule has 0 aliphatic heterocycles. The second kappa shape index (κ2) is 18.1. The predicted octanol–water partition coefficient (Wildman–Crippen LogP) is 6.79. The summed E-state index contributed by atoms with van der Waals surface area (Å²) in [6, 6.07) is 27.2. The van der Waals surface area contributed by atoms with E-state index in [4.69, 9.17) is 28.4 Å². The van der Waals surface area contributed by atoms with Crippen molar-refractivity contribution in [2.75, 3.05) is 26.4 Å². The van der Waals surface area contributed by atoms with Crippen molar-refractivity contribution in [2.24, 2.45) is 0 Å². The van der Waals surface area contributed by atoms with Gasteiger partial charge in [0.1, 0.15) is 23.0 Å². The van der Waals surface area contributed by atoms with Crippen LogP contribution in [0.4, 0.5) is 0 Å². The molecule has 0 atom stereocenters. The van der Waals surface area contributed by atoms with Crippen molar-refractivity contribution in [2.45, 2.75) is 12.8 Å². The molecule has 4 aromatic rings. The summed E-state index contributed by atoms with van der Waals surface area (Å²) in [5.41, 5.74) is 2.48. The molecule has 0 N–H and O–H groups in total. The largest absolute Gasteiger partial charge is 0.493 e. The SMILES string of the molecule is C=CC(=O)OCCCOc1ccc(C(=O)Oc2ccc(-c3ccc(OC(=O)c4ccc(OCCCOC(=O)C=C)cc4)cc3)cc2)cc1. The summed E-state index contributed by atoms with van der Waals surface area (Å²) < 4.78 is 32.0. The zero-order valence-corrected chi connectivity index (χ0v) is 26.1. The molecule has 0 amide bonds. The quantitative estimate of drug-likeness (QED) is 0.0522. The Morgan fingerprint density at radius 3 is 1.12 bits per heavy atom. The molecule has 48 heavy (non-hydrogen) atoms. The van der Waals surface area contributed by atoms with Gasteiger partial charge < -0.3 is 28.4 Å².